The molecular formula is C17H21N3O2. The van der Waals surface area contributed by atoms with Crippen LogP contribution in [-0.4, -0.2) is 46.1 Å². The number of fused-ring (bicyclic) bond motifs is 2. The number of aromatic nitrogens is 2. The van der Waals surface area contributed by atoms with Crippen LogP contribution in [0.2, 0.25) is 0 Å². The highest BCUT2D eigenvalue weighted by molar-refractivity contribution is 5.90. The Morgan fingerprint density at radius 3 is 3.23 bits per heavy atom. The highest BCUT2D eigenvalue weighted by atomic mass is 16.5. The van der Waals surface area contributed by atoms with E-state index in [1.807, 2.05) is 13.2 Å². The van der Waals surface area contributed by atoms with E-state index in [1.165, 1.54) is 11.1 Å². The smallest absolute Gasteiger partial charge is 0.141 e. The summed E-state index contributed by atoms with van der Waals surface area (Å²) >= 11 is 0. The van der Waals surface area contributed by atoms with Gasteiger partial charge in [0.25, 0.3) is 0 Å². The molecule has 2 aromatic rings. The van der Waals surface area contributed by atoms with Gasteiger partial charge in [0.1, 0.15) is 5.65 Å². The summed E-state index contributed by atoms with van der Waals surface area (Å²) < 4.78 is 8.40. The fourth-order valence-corrected chi connectivity index (χ4v) is 5.04. The van der Waals surface area contributed by atoms with Gasteiger partial charge < -0.3 is 19.3 Å². The van der Waals surface area contributed by atoms with Crippen LogP contribution < -0.4 is 4.90 Å². The molecule has 5 nitrogen and oxygen atoms in total. The van der Waals surface area contributed by atoms with Gasteiger partial charge in [0.2, 0.25) is 0 Å². The molecule has 116 valence electrons. The Morgan fingerprint density at radius 2 is 2.36 bits per heavy atom. The summed E-state index contributed by atoms with van der Waals surface area (Å²) in [6.45, 7) is 2.18. The Bertz CT molecular complexity index is 743. The third kappa shape index (κ3) is 1.48. The van der Waals surface area contributed by atoms with E-state index in [9.17, 15) is 5.11 Å². The van der Waals surface area contributed by atoms with E-state index in [0.717, 1.165) is 31.6 Å². The van der Waals surface area contributed by atoms with Crippen LogP contribution in [0.25, 0.3) is 11.0 Å². The predicted molar refractivity (Wildman–Crippen MR) is 83.8 cm³/mol. The second-order valence-electron chi connectivity index (χ2n) is 7.09. The largest absolute Gasteiger partial charge is 0.396 e. The molecule has 3 aliphatic rings. The minimum absolute atomic E-state index is 0.0254. The number of ether oxygens (including phenoxy) is 1. The average molecular weight is 299 g/mol. The van der Waals surface area contributed by atoms with E-state index < -0.39 is 0 Å². The van der Waals surface area contributed by atoms with Gasteiger partial charge in [-0.25, -0.2) is 4.98 Å². The average Bonchev–Trinajstić information content (AvgIpc) is 3.25. The van der Waals surface area contributed by atoms with Crippen LogP contribution in [0.4, 0.5) is 5.69 Å². The molecule has 5 rings (SSSR count). The first kappa shape index (κ1) is 12.9. The van der Waals surface area contributed by atoms with Crippen molar-refractivity contribution in [2.24, 2.45) is 18.9 Å². The Balaban J connectivity index is 1.55. The summed E-state index contributed by atoms with van der Waals surface area (Å²) in [5, 5.41) is 11.0. The second-order valence-corrected chi connectivity index (χ2v) is 7.09. The van der Waals surface area contributed by atoms with Gasteiger partial charge in [-0.2, -0.15) is 0 Å². The monoisotopic (exact) mass is 299 g/mol. The van der Waals surface area contributed by atoms with Crippen molar-refractivity contribution in [3.05, 3.63) is 24.5 Å². The molecule has 0 unspecified atom stereocenters. The maximum Gasteiger partial charge on any atom is 0.141 e. The second kappa shape index (κ2) is 4.24. The quantitative estimate of drug-likeness (QED) is 0.914. The van der Waals surface area contributed by atoms with Crippen LogP contribution in [-0.2, 0) is 11.8 Å². The first-order chi connectivity index (χ1) is 10.7. The first-order valence-corrected chi connectivity index (χ1v) is 8.15. The van der Waals surface area contributed by atoms with E-state index >= 15 is 0 Å². The molecule has 0 radical (unpaired) electrons. The molecule has 3 fully saturated rings. The molecular weight excluding hydrogens is 278 g/mol. The number of hydrogen-bond donors (Lipinski definition) is 1. The van der Waals surface area contributed by atoms with Crippen molar-refractivity contribution in [1.82, 2.24) is 9.55 Å². The SMILES string of the molecule is Cn1ccc2c(N3C[C@H]4[C@@H](CO)[C@@H]5CC[C@@]4(C3)O5)ccnc21. The van der Waals surface area contributed by atoms with Crippen molar-refractivity contribution in [2.45, 2.75) is 24.5 Å². The van der Waals surface area contributed by atoms with Crippen LogP contribution in [0.3, 0.4) is 0 Å². The standard InChI is InChI=1S/C17H21N3O2/c1-19-7-4-11-14(3-6-18-16(11)19)20-8-13-12(9-21)15-2-5-17(13,10-20)22-15/h3-4,6-7,12-13,15,21H,2,5,8-10H2,1H3/t12-,13+,15+,17+/m1/s1. The molecule has 2 bridgehead atoms. The molecule has 0 saturated carbocycles. The maximum atomic E-state index is 9.75. The molecule has 0 aromatic carbocycles. The number of rotatable bonds is 2. The predicted octanol–water partition coefficient (Wildman–Crippen LogP) is 1.55. The number of nitrogens with zero attached hydrogens (tertiary/aromatic N) is 3. The van der Waals surface area contributed by atoms with Crippen LogP contribution >= 0.6 is 0 Å². The number of anilines is 1. The Labute approximate surface area is 129 Å². The molecule has 22 heavy (non-hydrogen) atoms. The Morgan fingerprint density at radius 1 is 1.45 bits per heavy atom. The first-order valence-electron chi connectivity index (χ1n) is 8.15. The lowest BCUT2D eigenvalue weighted by Gasteiger charge is -2.27. The van der Waals surface area contributed by atoms with Gasteiger partial charge in [-0.1, -0.05) is 0 Å². The fourth-order valence-electron chi connectivity index (χ4n) is 5.04. The Hall–Kier alpha value is -1.59. The molecule has 4 atom stereocenters. The van der Waals surface area contributed by atoms with Crippen LogP contribution in [0.15, 0.2) is 24.5 Å². The van der Waals surface area contributed by atoms with Gasteiger partial charge >= 0.3 is 0 Å². The van der Waals surface area contributed by atoms with Gasteiger partial charge in [0, 0.05) is 62.0 Å². The van der Waals surface area contributed by atoms with Gasteiger partial charge in [-0.15, -0.1) is 0 Å². The lowest BCUT2D eigenvalue weighted by Crippen LogP contribution is -2.37. The van der Waals surface area contributed by atoms with Gasteiger partial charge in [-0.3, -0.25) is 0 Å². The van der Waals surface area contributed by atoms with Crippen molar-refractivity contribution in [3.63, 3.8) is 0 Å². The number of aliphatic hydroxyl groups excluding tert-OH is 1. The van der Waals surface area contributed by atoms with Gasteiger partial charge in [-0.05, 0) is 25.0 Å². The molecule has 5 heterocycles. The third-order valence-electron chi connectivity index (χ3n) is 6.08. The van der Waals surface area contributed by atoms with E-state index in [-0.39, 0.29) is 18.3 Å². The summed E-state index contributed by atoms with van der Waals surface area (Å²) in [5.41, 5.74) is 2.25. The molecule has 1 N–H and O–H groups in total. The van der Waals surface area contributed by atoms with Crippen LogP contribution in [0.5, 0.6) is 0 Å². The lowest BCUT2D eigenvalue weighted by atomic mass is 9.74. The maximum absolute atomic E-state index is 9.75. The summed E-state index contributed by atoms with van der Waals surface area (Å²) in [7, 11) is 2.03. The van der Waals surface area contributed by atoms with Crippen molar-refractivity contribution in [1.29, 1.82) is 0 Å². The van der Waals surface area contributed by atoms with Crippen LogP contribution in [0, 0.1) is 11.8 Å². The number of pyridine rings is 1. The minimum atomic E-state index is -0.0254. The molecule has 3 saturated heterocycles. The van der Waals surface area contributed by atoms with Gasteiger partial charge in [0.05, 0.1) is 11.7 Å². The third-order valence-corrected chi connectivity index (χ3v) is 6.08. The highest BCUT2D eigenvalue weighted by Crippen LogP contribution is 2.55. The minimum Gasteiger partial charge on any atom is -0.396 e. The summed E-state index contributed by atoms with van der Waals surface area (Å²) in [6.07, 6.45) is 6.48. The van der Waals surface area contributed by atoms with Crippen molar-refractivity contribution in [2.75, 3.05) is 24.6 Å². The topological polar surface area (TPSA) is 50.5 Å². The van der Waals surface area contributed by atoms with E-state index in [2.05, 4.69) is 32.8 Å². The van der Waals surface area contributed by atoms with Crippen molar-refractivity contribution in [3.8, 4) is 0 Å². The zero-order chi connectivity index (χ0) is 14.9. The molecule has 2 aromatic heterocycles. The zero-order valence-corrected chi connectivity index (χ0v) is 12.8. The number of aryl methyl sites for hydroxylation is 1. The van der Waals surface area contributed by atoms with Crippen molar-refractivity contribution < 1.29 is 9.84 Å². The zero-order valence-electron chi connectivity index (χ0n) is 12.8. The fraction of sp³-hybridized carbons (Fsp3) is 0.588. The summed E-state index contributed by atoms with van der Waals surface area (Å²) in [5.74, 6) is 0.773. The van der Waals surface area contributed by atoms with Crippen LogP contribution in [0.1, 0.15) is 12.8 Å². The number of aliphatic hydroxyl groups is 1. The summed E-state index contributed by atoms with van der Waals surface area (Å²) in [4.78, 5) is 6.93. The molecule has 0 aliphatic carbocycles. The molecule has 5 heteroatoms. The van der Waals surface area contributed by atoms with Gasteiger partial charge in [0.15, 0.2) is 0 Å². The summed E-state index contributed by atoms with van der Waals surface area (Å²) in [6, 6.07) is 4.26. The van der Waals surface area contributed by atoms with E-state index in [1.54, 1.807) is 0 Å². The highest BCUT2D eigenvalue weighted by Gasteiger charge is 2.62. The lowest BCUT2D eigenvalue weighted by molar-refractivity contribution is 0.0129. The van der Waals surface area contributed by atoms with E-state index in [4.69, 9.17) is 4.74 Å². The molecule has 0 amide bonds. The molecule has 3 aliphatic heterocycles. The normalized spacial score (nSPS) is 36.5. The number of hydrogen-bond acceptors (Lipinski definition) is 4. The van der Waals surface area contributed by atoms with E-state index in [0.29, 0.717) is 11.8 Å². The molecule has 1 spiro atoms. The van der Waals surface area contributed by atoms with Crippen molar-refractivity contribution >= 4 is 16.7 Å². The Kier molecular flexibility index (Phi) is 2.48.